The number of esters is 1. The number of rotatable bonds is 23. The van der Waals surface area contributed by atoms with Crippen molar-refractivity contribution in [3.05, 3.63) is 140 Å². The third-order valence-corrected chi connectivity index (χ3v) is 15.1. The summed E-state index contributed by atoms with van der Waals surface area (Å²) in [5.41, 5.74) is 3.69. The lowest BCUT2D eigenvalue weighted by Gasteiger charge is -2.37. The molecule has 0 spiro atoms. The summed E-state index contributed by atoms with van der Waals surface area (Å²) in [6.07, 6.45) is 4.71. The topological polar surface area (TPSA) is 283 Å². The molecule has 21 nitrogen and oxygen atoms in total. The number of aliphatic hydroxyl groups is 1. The zero-order chi connectivity index (χ0) is 56.9. The number of benzene rings is 3. The van der Waals surface area contributed by atoms with Crippen LogP contribution < -0.4 is 37.0 Å². The molecule has 5 aromatic rings. The Hall–Kier alpha value is -8.47. The third-order valence-electron chi connectivity index (χ3n) is 15.1. The van der Waals surface area contributed by atoms with Gasteiger partial charge in [0, 0.05) is 53.0 Å². The normalized spacial score (nSPS) is 18.0. The molecule has 9 rings (SSSR count). The van der Waals surface area contributed by atoms with Gasteiger partial charge in [-0.05, 0) is 85.0 Å². The fourth-order valence-corrected chi connectivity index (χ4v) is 10.7. The van der Waals surface area contributed by atoms with Crippen LogP contribution in [0.25, 0.3) is 22.3 Å². The van der Waals surface area contributed by atoms with E-state index in [1.165, 1.54) is 18.2 Å². The average Bonchev–Trinajstić information content (AvgIpc) is 4.20. The van der Waals surface area contributed by atoms with Gasteiger partial charge in [-0.2, -0.15) is 0 Å². The Morgan fingerprint density at radius 2 is 1.51 bits per heavy atom. The largest absolute Gasteiger partial charge is 0.458 e. The summed E-state index contributed by atoms with van der Waals surface area (Å²) in [4.78, 5) is 121. The van der Waals surface area contributed by atoms with Crippen LogP contribution in [0, 0.1) is 12.7 Å². The molecular formula is C58H61FN8O13. The molecule has 5 heterocycles. The minimum atomic E-state index is -2.01. The maximum Gasteiger partial charge on any atom is 0.343 e. The minimum absolute atomic E-state index is 0.0131. The molecule has 22 heteroatoms. The number of carbonyl (C=O) groups excluding carboxylic acids is 8. The standard InChI is InChI=1S/C58H61FN8O13/c1-4-58(77)40-24-44-53-38(29-66(44)55(75)39(40)30-80-56(58)76)52-51-37(33(2)41(59)25-42(51)65-53)19-20-57(52,3)31-78-21-22-79-32-63-47(70)27-62-54(74)43(23-35-9-6-5-7-10-35)64-48(71)28-61-46(69)26-60-45(68)12-8-11-34-13-15-36(16-14-34)67-49(72)17-18-50(67)73/h5-7,9-10,13-18,24-25,43,77H,4,8,11-12,19-23,26-32H2,1-3H3,(H,60,68)(H,61,69)(H,62,74)(H,63,70)(H,64,71)/t43-,57-,58-/m0/s1. The van der Waals surface area contributed by atoms with Crippen molar-refractivity contribution in [2.45, 2.75) is 95.9 Å². The highest BCUT2D eigenvalue weighted by atomic mass is 19.1. The van der Waals surface area contributed by atoms with Gasteiger partial charge in [0.25, 0.3) is 17.4 Å². The van der Waals surface area contributed by atoms with Gasteiger partial charge in [-0.1, -0.05) is 56.3 Å². The van der Waals surface area contributed by atoms with Crippen molar-refractivity contribution in [2.75, 3.05) is 51.1 Å². The number of anilines is 1. The molecule has 0 saturated heterocycles. The molecule has 0 bridgehead atoms. The van der Waals surface area contributed by atoms with Crippen LogP contribution in [0.4, 0.5) is 10.1 Å². The maximum atomic E-state index is 15.5. The predicted molar refractivity (Wildman–Crippen MR) is 287 cm³/mol. The number of pyridine rings is 2. The lowest BCUT2D eigenvalue weighted by atomic mass is 9.69. The molecule has 1 aliphatic carbocycles. The number of halogens is 1. The molecule has 3 aliphatic heterocycles. The van der Waals surface area contributed by atoms with E-state index in [0.717, 1.165) is 38.1 Å². The molecule has 0 unspecified atom stereocenters. The summed E-state index contributed by atoms with van der Waals surface area (Å²) in [6, 6.07) is 17.6. The number of cyclic esters (lactones) is 1. The lowest BCUT2D eigenvalue weighted by molar-refractivity contribution is -0.172. The van der Waals surface area contributed by atoms with Crippen LogP contribution in [-0.2, 0) is 96.0 Å². The van der Waals surface area contributed by atoms with Crippen LogP contribution in [0.5, 0.6) is 0 Å². The summed E-state index contributed by atoms with van der Waals surface area (Å²) in [6.45, 7) is 4.21. The van der Waals surface area contributed by atoms with E-state index < -0.39 is 82.9 Å². The van der Waals surface area contributed by atoms with Crippen LogP contribution in [0.1, 0.15) is 84.0 Å². The van der Waals surface area contributed by atoms with Crippen molar-refractivity contribution in [1.29, 1.82) is 0 Å². The van der Waals surface area contributed by atoms with Crippen LogP contribution in [0.3, 0.4) is 0 Å². The van der Waals surface area contributed by atoms with Gasteiger partial charge in [-0.15, -0.1) is 0 Å². The van der Waals surface area contributed by atoms with Gasteiger partial charge in [0.05, 0.1) is 74.2 Å². The monoisotopic (exact) mass is 1100 g/mol. The van der Waals surface area contributed by atoms with Crippen LogP contribution in [-0.4, -0.2) is 114 Å². The van der Waals surface area contributed by atoms with E-state index in [-0.39, 0.29) is 82.5 Å². The van der Waals surface area contributed by atoms with E-state index in [9.17, 15) is 48.3 Å². The second-order valence-electron chi connectivity index (χ2n) is 20.5. The zero-order valence-electron chi connectivity index (χ0n) is 44.5. The first kappa shape index (κ1) is 56.3. The Kier molecular flexibility index (Phi) is 16.8. The van der Waals surface area contributed by atoms with Crippen molar-refractivity contribution in [3.8, 4) is 11.4 Å². The number of nitrogens with zero attached hydrogens (tertiary/aromatic N) is 3. The number of imide groups is 1. The van der Waals surface area contributed by atoms with Gasteiger partial charge in [0.1, 0.15) is 25.2 Å². The molecule has 2 aromatic heterocycles. The summed E-state index contributed by atoms with van der Waals surface area (Å²) in [5, 5.41) is 24.9. The Balaban J connectivity index is 0.716. The number of aryl methyl sites for hydroxylation is 2. The van der Waals surface area contributed by atoms with E-state index in [0.29, 0.717) is 53.8 Å². The SMILES string of the molecule is CC[C@@]1(O)C(=O)OCc2c1cc1n(c2=O)Cc2c-1nc1cc(F)c(C)c3c1c2[C@](C)(COCCOCNC(=O)CNC(=O)[C@H](Cc1ccccc1)NC(=O)CNC(=O)CNC(=O)CCCc1ccc(N2C(=O)C=CC2=O)cc1)CC3. The number of hydrogen-bond acceptors (Lipinski definition) is 14. The van der Waals surface area contributed by atoms with Crippen LogP contribution >= 0.6 is 0 Å². The fourth-order valence-electron chi connectivity index (χ4n) is 10.7. The zero-order valence-corrected chi connectivity index (χ0v) is 44.5. The van der Waals surface area contributed by atoms with E-state index in [1.807, 2.05) is 0 Å². The van der Waals surface area contributed by atoms with Crippen molar-refractivity contribution < 1.29 is 62.1 Å². The van der Waals surface area contributed by atoms with Crippen molar-refractivity contribution >= 4 is 63.9 Å². The van der Waals surface area contributed by atoms with Crippen LogP contribution in [0.2, 0.25) is 0 Å². The van der Waals surface area contributed by atoms with Gasteiger partial charge in [0.2, 0.25) is 29.5 Å². The second kappa shape index (κ2) is 23.9. The highest BCUT2D eigenvalue weighted by Gasteiger charge is 2.47. The number of ether oxygens (including phenoxy) is 3. The molecule has 7 amide bonds. The first-order valence-corrected chi connectivity index (χ1v) is 26.4. The van der Waals surface area contributed by atoms with Gasteiger partial charge >= 0.3 is 5.97 Å². The van der Waals surface area contributed by atoms with Gasteiger partial charge < -0.3 is 50.5 Å². The molecule has 0 radical (unpaired) electrons. The van der Waals surface area contributed by atoms with E-state index >= 15 is 4.39 Å². The average molecular weight is 1100 g/mol. The molecule has 0 fully saturated rings. The number of nitrogens with one attached hydrogen (secondary N) is 5. The van der Waals surface area contributed by atoms with Gasteiger partial charge in [-0.3, -0.25) is 38.4 Å². The Labute approximate surface area is 458 Å². The number of fused-ring (bicyclic) bond motifs is 5. The molecule has 6 N–H and O–H groups in total. The fraction of sp³-hybridized carbons (Fsp3) is 0.379. The van der Waals surface area contributed by atoms with Gasteiger partial charge in [0.15, 0.2) is 5.60 Å². The predicted octanol–water partition coefficient (Wildman–Crippen LogP) is 2.37. The summed E-state index contributed by atoms with van der Waals surface area (Å²) < 4.78 is 34.1. The van der Waals surface area contributed by atoms with Crippen LogP contribution in [0.15, 0.2) is 83.7 Å². The Morgan fingerprint density at radius 1 is 0.825 bits per heavy atom. The number of aromatic nitrogens is 2. The Bertz CT molecular complexity index is 3400. The molecule has 418 valence electrons. The van der Waals surface area contributed by atoms with Gasteiger partial charge in [-0.25, -0.2) is 19.1 Å². The second-order valence-corrected chi connectivity index (χ2v) is 20.5. The minimum Gasteiger partial charge on any atom is -0.458 e. The lowest BCUT2D eigenvalue weighted by Crippen LogP contribution is -2.52. The highest BCUT2D eigenvalue weighted by Crippen LogP contribution is 2.49. The smallest absolute Gasteiger partial charge is 0.343 e. The highest BCUT2D eigenvalue weighted by molar-refractivity contribution is 6.28. The maximum absolute atomic E-state index is 15.5. The number of amides is 7. The molecule has 3 aromatic carbocycles. The first-order valence-electron chi connectivity index (χ1n) is 26.4. The van der Waals surface area contributed by atoms with E-state index in [1.54, 1.807) is 79.1 Å². The molecule has 80 heavy (non-hydrogen) atoms. The summed E-state index contributed by atoms with van der Waals surface area (Å²) >= 11 is 0. The van der Waals surface area contributed by atoms with Crippen molar-refractivity contribution in [1.82, 2.24) is 36.1 Å². The quantitative estimate of drug-likeness (QED) is 0.0233. The van der Waals surface area contributed by atoms with E-state index in [4.69, 9.17) is 19.2 Å². The number of carbonyl (C=O) groups is 8. The van der Waals surface area contributed by atoms with Crippen molar-refractivity contribution in [3.63, 3.8) is 0 Å². The molecule has 0 saturated carbocycles. The number of hydrogen-bond donors (Lipinski definition) is 6. The summed E-state index contributed by atoms with van der Waals surface area (Å²) in [5.74, 6) is -4.99. The van der Waals surface area contributed by atoms with Crippen molar-refractivity contribution in [2.24, 2.45) is 0 Å². The Morgan fingerprint density at radius 3 is 2.25 bits per heavy atom. The molecule has 3 atom stereocenters. The first-order chi connectivity index (χ1) is 38.4. The third kappa shape index (κ3) is 11.8. The summed E-state index contributed by atoms with van der Waals surface area (Å²) in [7, 11) is 0. The van der Waals surface area contributed by atoms with E-state index in [2.05, 4.69) is 33.5 Å². The molecular weight excluding hydrogens is 1040 g/mol. The molecule has 4 aliphatic rings.